The van der Waals surface area contributed by atoms with Crippen LogP contribution in [0.25, 0.3) is 10.3 Å². The second kappa shape index (κ2) is 4.58. The number of thiazole rings is 1. The monoisotopic (exact) mass is 248 g/mol. The Hall–Kier alpha value is -1.20. The Morgan fingerprint density at radius 1 is 1.47 bits per heavy atom. The summed E-state index contributed by atoms with van der Waals surface area (Å²) in [5.74, 6) is 0. The van der Waals surface area contributed by atoms with E-state index < -0.39 is 0 Å². The topological polar surface area (TPSA) is 42.2 Å². The number of aryl methyl sites for hydroxylation is 1. The van der Waals surface area contributed by atoms with Crippen LogP contribution in [-0.4, -0.2) is 28.7 Å². The van der Waals surface area contributed by atoms with Crippen molar-refractivity contribution >= 4 is 21.7 Å². The molecule has 5 heteroatoms. The summed E-state index contributed by atoms with van der Waals surface area (Å²) >= 11 is 1.68. The number of aromatic nitrogens is 2. The highest BCUT2D eigenvalue weighted by Crippen LogP contribution is 2.13. The first-order valence-electron chi connectivity index (χ1n) is 6.00. The van der Waals surface area contributed by atoms with Crippen molar-refractivity contribution in [2.75, 3.05) is 13.1 Å². The SMILES string of the molecule is Cn1c(=NC2CCNCC2)sc2ncccc21. The van der Waals surface area contributed by atoms with Gasteiger partial charge in [-0.2, -0.15) is 0 Å². The lowest BCUT2D eigenvalue weighted by molar-refractivity contribution is 0.452. The predicted molar refractivity (Wildman–Crippen MR) is 70.0 cm³/mol. The zero-order chi connectivity index (χ0) is 11.7. The first-order chi connectivity index (χ1) is 8.34. The minimum atomic E-state index is 0.468. The van der Waals surface area contributed by atoms with Crippen LogP contribution in [0.4, 0.5) is 0 Å². The average molecular weight is 248 g/mol. The van der Waals surface area contributed by atoms with Crippen molar-refractivity contribution in [2.45, 2.75) is 18.9 Å². The number of nitrogens with one attached hydrogen (secondary N) is 1. The second-order valence-electron chi connectivity index (χ2n) is 4.38. The van der Waals surface area contributed by atoms with E-state index in [2.05, 4.69) is 28.0 Å². The van der Waals surface area contributed by atoms with E-state index in [-0.39, 0.29) is 0 Å². The van der Waals surface area contributed by atoms with Gasteiger partial charge in [0.05, 0.1) is 11.6 Å². The van der Waals surface area contributed by atoms with Crippen LogP contribution in [0, 0.1) is 0 Å². The number of fused-ring (bicyclic) bond motifs is 1. The highest BCUT2D eigenvalue weighted by atomic mass is 32.1. The van der Waals surface area contributed by atoms with E-state index in [1.54, 1.807) is 11.3 Å². The molecule has 0 aromatic carbocycles. The van der Waals surface area contributed by atoms with Crippen LogP contribution in [0.3, 0.4) is 0 Å². The Morgan fingerprint density at radius 3 is 3.06 bits per heavy atom. The number of piperidine rings is 1. The first-order valence-corrected chi connectivity index (χ1v) is 6.81. The lowest BCUT2D eigenvalue weighted by atomic mass is 10.1. The first kappa shape index (κ1) is 10.9. The molecule has 0 radical (unpaired) electrons. The van der Waals surface area contributed by atoms with Crippen LogP contribution in [-0.2, 0) is 7.05 Å². The van der Waals surface area contributed by atoms with E-state index in [9.17, 15) is 0 Å². The maximum atomic E-state index is 4.86. The summed E-state index contributed by atoms with van der Waals surface area (Å²) in [7, 11) is 2.07. The third-order valence-corrected chi connectivity index (χ3v) is 4.26. The Bertz CT molecular complexity index is 577. The molecule has 0 amide bonds. The third kappa shape index (κ3) is 2.12. The molecule has 1 aliphatic heterocycles. The molecular formula is C12H16N4S. The van der Waals surface area contributed by atoms with Gasteiger partial charge < -0.3 is 9.88 Å². The molecule has 1 fully saturated rings. The summed E-state index contributed by atoms with van der Waals surface area (Å²) in [6.45, 7) is 2.17. The molecule has 4 nitrogen and oxygen atoms in total. The van der Waals surface area contributed by atoms with E-state index in [1.807, 2.05) is 12.3 Å². The van der Waals surface area contributed by atoms with Gasteiger partial charge in [0.1, 0.15) is 4.83 Å². The molecule has 1 saturated heterocycles. The summed E-state index contributed by atoms with van der Waals surface area (Å²) < 4.78 is 2.15. The molecule has 3 heterocycles. The van der Waals surface area contributed by atoms with E-state index in [4.69, 9.17) is 4.99 Å². The lowest BCUT2D eigenvalue weighted by Gasteiger charge is -2.18. The molecule has 90 valence electrons. The van der Waals surface area contributed by atoms with Crippen LogP contribution >= 0.6 is 11.3 Å². The van der Waals surface area contributed by atoms with Gasteiger partial charge in [0.15, 0.2) is 4.80 Å². The molecule has 2 aromatic heterocycles. The highest BCUT2D eigenvalue weighted by molar-refractivity contribution is 7.15. The van der Waals surface area contributed by atoms with E-state index in [0.29, 0.717) is 6.04 Å². The van der Waals surface area contributed by atoms with Crippen LogP contribution < -0.4 is 10.1 Å². The standard InChI is InChI=1S/C12H16N4S/c1-16-10-3-2-6-14-11(10)17-12(16)15-9-4-7-13-8-5-9/h2-3,6,9,13H,4-5,7-8H2,1H3. The van der Waals surface area contributed by atoms with E-state index >= 15 is 0 Å². The third-order valence-electron chi connectivity index (χ3n) is 3.19. The maximum Gasteiger partial charge on any atom is 0.187 e. The molecule has 1 N–H and O–H groups in total. The van der Waals surface area contributed by atoms with Crippen LogP contribution in [0.2, 0.25) is 0 Å². The summed E-state index contributed by atoms with van der Waals surface area (Å²) in [5.41, 5.74) is 1.17. The van der Waals surface area contributed by atoms with Gasteiger partial charge in [-0.3, -0.25) is 4.99 Å². The molecule has 17 heavy (non-hydrogen) atoms. The van der Waals surface area contributed by atoms with Gasteiger partial charge in [0, 0.05) is 13.2 Å². The highest BCUT2D eigenvalue weighted by Gasteiger charge is 2.12. The Morgan fingerprint density at radius 2 is 2.29 bits per heavy atom. The summed E-state index contributed by atoms with van der Waals surface area (Å²) in [4.78, 5) is 11.4. The minimum Gasteiger partial charge on any atom is -0.318 e. The molecular weight excluding hydrogens is 232 g/mol. The number of pyridine rings is 1. The molecule has 0 bridgehead atoms. The van der Waals surface area contributed by atoms with Gasteiger partial charge in [-0.05, 0) is 38.1 Å². The fourth-order valence-electron chi connectivity index (χ4n) is 2.18. The van der Waals surface area contributed by atoms with E-state index in [1.165, 1.54) is 5.52 Å². The molecule has 3 rings (SSSR count). The van der Waals surface area contributed by atoms with Crippen molar-refractivity contribution in [1.29, 1.82) is 0 Å². The molecule has 0 unspecified atom stereocenters. The molecule has 0 atom stereocenters. The Balaban J connectivity index is 2.04. The smallest absolute Gasteiger partial charge is 0.187 e. The molecule has 0 saturated carbocycles. The number of nitrogens with zero attached hydrogens (tertiary/aromatic N) is 3. The Kier molecular flexibility index (Phi) is 2.94. The quantitative estimate of drug-likeness (QED) is 0.826. The van der Waals surface area contributed by atoms with Crippen molar-refractivity contribution in [3.05, 3.63) is 23.1 Å². The van der Waals surface area contributed by atoms with Gasteiger partial charge in [0.25, 0.3) is 0 Å². The van der Waals surface area contributed by atoms with Crippen LogP contribution in [0.5, 0.6) is 0 Å². The van der Waals surface area contributed by atoms with Crippen molar-refractivity contribution in [3.8, 4) is 0 Å². The fraction of sp³-hybridized carbons (Fsp3) is 0.500. The molecule has 0 spiro atoms. The van der Waals surface area contributed by atoms with Crippen molar-refractivity contribution in [1.82, 2.24) is 14.9 Å². The molecule has 0 aliphatic carbocycles. The fourth-order valence-corrected chi connectivity index (χ4v) is 3.21. The largest absolute Gasteiger partial charge is 0.318 e. The predicted octanol–water partition coefficient (Wildman–Crippen LogP) is 1.29. The minimum absolute atomic E-state index is 0.468. The van der Waals surface area contributed by atoms with E-state index in [0.717, 1.165) is 35.6 Å². The number of rotatable bonds is 1. The van der Waals surface area contributed by atoms with Crippen molar-refractivity contribution in [3.63, 3.8) is 0 Å². The maximum absolute atomic E-state index is 4.86. The van der Waals surface area contributed by atoms with Crippen LogP contribution in [0.15, 0.2) is 23.3 Å². The van der Waals surface area contributed by atoms with Gasteiger partial charge >= 0.3 is 0 Å². The van der Waals surface area contributed by atoms with Crippen molar-refractivity contribution < 1.29 is 0 Å². The summed E-state index contributed by atoms with van der Waals surface area (Å²) in [6.07, 6.45) is 4.12. The average Bonchev–Trinajstić information content (AvgIpc) is 2.68. The Labute approximate surface area is 104 Å². The summed E-state index contributed by atoms with van der Waals surface area (Å²) in [6, 6.07) is 4.54. The molecule has 2 aromatic rings. The number of hydrogen-bond acceptors (Lipinski definition) is 4. The van der Waals surface area contributed by atoms with Crippen molar-refractivity contribution in [2.24, 2.45) is 12.0 Å². The summed E-state index contributed by atoms with van der Waals surface area (Å²) in [5, 5.41) is 3.37. The molecule has 1 aliphatic rings. The van der Waals surface area contributed by atoms with Gasteiger partial charge in [0.2, 0.25) is 0 Å². The van der Waals surface area contributed by atoms with Gasteiger partial charge in [-0.25, -0.2) is 4.98 Å². The van der Waals surface area contributed by atoms with Gasteiger partial charge in [-0.1, -0.05) is 11.3 Å². The second-order valence-corrected chi connectivity index (χ2v) is 5.34. The normalized spacial score (nSPS) is 19.0. The zero-order valence-electron chi connectivity index (χ0n) is 9.89. The zero-order valence-corrected chi connectivity index (χ0v) is 10.7. The van der Waals surface area contributed by atoms with Gasteiger partial charge in [-0.15, -0.1) is 0 Å². The number of hydrogen-bond donors (Lipinski definition) is 1. The lowest BCUT2D eigenvalue weighted by Crippen LogP contribution is -2.31. The van der Waals surface area contributed by atoms with Crippen LogP contribution in [0.1, 0.15) is 12.8 Å².